The number of anilines is 1. The van der Waals surface area contributed by atoms with Gasteiger partial charge in [0, 0.05) is 18.2 Å². The maximum atomic E-state index is 11.2. The van der Waals surface area contributed by atoms with Gasteiger partial charge >= 0.3 is 5.97 Å². The largest absolute Gasteiger partial charge is 0.480 e. The summed E-state index contributed by atoms with van der Waals surface area (Å²) < 4.78 is 0. The van der Waals surface area contributed by atoms with Crippen LogP contribution in [-0.4, -0.2) is 23.2 Å². The van der Waals surface area contributed by atoms with Gasteiger partial charge in [-0.1, -0.05) is 24.3 Å². The zero-order valence-electron chi connectivity index (χ0n) is 9.26. The van der Waals surface area contributed by atoms with Gasteiger partial charge in [-0.25, -0.2) is 4.79 Å². The molecule has 0 bridgehead atoms. The lowest BCUT2D eigenvalue weighted by Crippen LogP contribution is -2.43. The van der Waals surface area contributed by atoms with Crippen molar-refractivity contribution in [2.24, 2.45) is 0 Å². The van der Waals surface area contributed by atoms with Crippen molar-refractivity contribution in [3.8, 4) is 0 Å². The van der Waals surface area contributed by atoms with E-state index < -0.39 is 12.0 Å². The molecule has 0 aromatic heterocycles. The van der Waals surface area contributed by atoms with Crippen LogP contribution in [0.25, 0.3) is 0 Å². The molecular formula is C13H15NO2. The lowest BCUT2D eigenvalue weighted by molar-refractivity contribution is -0.138. The Balaban J connectivity index is 2.43. The van der Waals surface area contributed by atoms with Gasteiger partial charge in [-0.2, -0.15) is 0 Å². The number of rotatable bonds is 3. The summed E-state index contributed by atoms with van der Waals surface area (Å²) in [6.07, 6.45) is 2.35. The number of fused-ring (bicyclic) bond motifs is 1. The number of carboxylic acids is 1. The van der Waals surface area contributed by atoms with Crippen molar-refractivity contribution in [3.63, 3.8) is 0 Å². The van der Waals surface area contributed by atoms with E-state index in [0.717, 1.165) is 11.3 Å². The normalized spacial score (nSPS) is 20.3. The molecule has 1 aliphatic heterocycles. The van der Waals surface area contributed by atoms with Gasteiger partial charge in [-0.15, -0.1) is 6.58 Å². The van der Waals surface area contributed by atoms with Crippen molar-refractivity contribution in [1.29, 1.82) is 0 Å². The molecule has 1 aliphatic rings. The molecule has 0 saturated heterocycles. The molecule has 2 atom stereocenters. The fraction of sp³-hybridized carbons (Fsp3) is 0.308. The molecule has 84 valence electrons. The maximum Gasteiger partial charge on any atom is 0.326 e. The van der Waals surface area contributed by atoms with E-state index in [1.165, 1.54) is 0 Å². The molecule has 0 amide bonds. The Morgan fingerprint density at radius 3 is 2.94 bits per heavy atom. The van der Waals surface area contributed by atoms with Crippen molar-refractivity contribution in [1.82, 2.24) is 0 Å². The standard InChI is InChI=1S/C13H15NO2/c1-3-9(2)14-11-7-5-4-6-10(11)8-12(14)13(15)16/h3-7,9,12H,1,8H2,2H3,(H,15,16). The van der Waals surface area contributed by atoms with Crippen LogP contribution in [0.2, 0.25) is 0 Å². The summed E-state index contributed by atoms with van der Waals surface area (Å²) >= 11 is 0. The molecule has 3 nitrogen and oxygen atoms in total. The van der Waals surface area contributed by atoms with E-state index in [0.29, 0.717) is 6.42 Å². The molecule has 0 aliphatic carbocycles. The minimum Gasteiger partial charge on any atom is -0.480 e. The first-order valence-electron chi connectivity index (χ1n) is 5.36. The minimum atomic E-state index is -0.773. The van der Waals surface area contributed by atoms with Crippen LogP contribution in [0.1, 0.15) is 12.5 Å². The lowest BCUT2D eigenvalue weighted by Gasteiger charge is -2.29. The Kier molecular flexibility index (Phi) is 2.69. The third kappa shape index (κ3) is 1.58. The van der Waals surface area contributed by atoms with Crippen molar-refractivity contribution < 1.29 is 9.90 Å². The van der Waals surface area contributed by atoms with Crippen molar-refractivity contribution in [2.75, 3.05) is 4.90 Å². The first kappa shape index (κ1) is 10.7. The first-order chi connectivity index (χ1) is 7.65. The minimum absolute atomic E-state index is 0.0322. The molecular weight excluding hydrogens is 202 g/mol. The van der Waals surface area contributed by atoms with Crippen LogP contribution in [0.5, 0.6) is 0 Å². The van der Waals surface area contributed by atoms with Crippen LogP contribution in [-0.2, 0) is 11.2 Å². The summed E-state index contributed by atoms with van der Waals surface area (Å²) in [5, 5.41) is 9.22. The second-order valence-electron chi connectivity index (χ2n) is 4.07. The number of hydrogen-bond donors (Lipinski definition) is 1. The van der Waals surface area contributed by atoms with E-state index in [2.05, 4.69) is 6.58 Å². The SMILES string of the molecule is C=CC(C)N1c2ccccc2CC1C(=O)O. The first-order valence-corrected chi connectivity index (χ1v) is 5.36. The molecule has 0 radical (unpaired) electrons. The maximum absolute atomic E-state index is 11.2. The van der Waals surface area contributed by atoms with Crippen LogP contribution in [0, 0.1) is 0 Å². The molecule has 1 N–H and O–H groups in total. The number of carbonyl (C=O) groups is 1. The summed E-state index contributed by atoms with van der Waals surface area (Å²) in [5.74, 6) is -0.773. The summed E-state index contributed by atoms with van der Waals surface area (Å²) in [4.78, 5) is 13.1. The van der Waals surface area contributed by atoms with Crippen LogP contribution >= 0.6 is 0 Å². The van der Waals surface area contributed by atoms with Crippen molar-refractivity contribution in [2.45, 2.75) is 25.4 Å². The van der Waals surface area contributed by atoms with Crippen LogP contribution < -0.4 is 4.90 Å². The van der Waals surface area contributed by atoms with Gasteiger partial charge in [0.25, 0.3) is 0 Å². The Hall–Kier alpha value is -1.77. The number of benzene rings is 1. The van der Waals surface area contributed by atoms with Gasteiger partial charge in [0.15, 0.2) is 0 Å². The van der Waals surface area contributed by atoms with E-state index in [-0.39, 0.29) is 6.04 Å². The van der Waals surface area contributed by atoms with Gasteiger partial charge in [0.2, 0.25) is 0 Å². The highest BCUT2D eigenvalue weighted by atomic mass is 16.4. The average Bonchev–Trinajstić information content (AvgIpc) is 2.67. The van der Waals surface area contributed by atoms with E-state index in [1.807, 2.05) is 36.1 Å². The molecule has 3 heteroatoms. The molecule has 1 aromatic carbocycles. The second-order valence-corrected chi connectivity index (χ2v) is 4.07. The van der Waals surface area contributed by atoms with Gasteiger partial charge in [0.05, 0.1) is 0 Å². The van der Waals surface area contributed by atoms with E-state index in [9.17, 15) is 9.90 Å². The number of nitrogens with zero attached hydrogens (tertiary/aromatic N) is 1. The van der Waals surface area contributed by atoms with E-state index >= 15 is 0 Å². The lowest BCUT2D eigenvalue weighted by atomic mass is 10.1. The Morgan fingerprint density at radius 1 is 1.62 bits per heavy atom. The van der Waals surface area contributed by atoms with Gasteiger partial charge < -0.3 is 10.0 Å². The molecule has 1 aromatic rings. The molecule has 2 unspecified atom stereocenters. The smallest absolute Gasteiger partial charge is 0.326 e. The molecule has 0 spiro atoms. The van der Waals surface area contributed by atoms with Gasteiger partial charge in [-0.3, -0.25) is 0 Å². The highest BCUT2D eigenvalue weighted by Gasteiger charge is 2.35. The molecule has 0 saturated carbocycles. The highest BCUT2D eigenvalue weighted by Crippen LogP contribution is 2.33. The Labute approximate surface area is 95.0 Å². The molecule has 2 rings (SSSR count). The quantitative estimate of drug-likeness (QED) is 0.788. The van der Waals surface area contributed by atoms with Crippen LogP contribution in [0.15, 0.2) is 36.9 Å². The van der Waals surface area contributed by atoms with E-state index in [4.69, 9.17) is 0 Å². The number of hydrogen-bond acceptors (Lipinski definition) is 2. The highest BCUT2D eigenvalue weighted by molar-refractivity contribution is 5.82. The Bertz CT molecular complexity index is 428. The monoisotopic (exact) mass is 217 g/mol. The summed E-state index contributed by atoms with van der Waals surface area (Å²) in [6, 6.07) is 7.40. The predicted molar refractivity (Wildman–Crippen MR) is 63.7 cm³/mol. The molecule has 0 fully saturated rings. The zero-order valence-corrected chi connectivity index (χ0v) is 9.26. The van der Waals surface area contributed by atoms with Gasteiger partial charge in [-0.05, 0) is 18.6 Å². The number of aliphatic carboxylic acids is 1. The third-order valence-corrected chi connectivity index (χ3v) is 3.08. The van der Waals surface area contributed by atoms with Crippen LogP contribution in [0.3, 0.4) is 0 Å². The molecule has 16 heavy (non-hydrogen) atoms. The van der Waals surface area contributed by atoms with Crippen molar-refractivity contribution >= 4 is 11.7 Å². The predicted octanol–water partition coefficient (Wildman–Crippen LogP) is 2.08. The molecule has 1 heterocycles. The topological polar surface area (TPSA) is 40.5 Å². The van der Waals surface area contributed by atoms with E-state index in [1.54, 1.807) is 6.08 Å². The zero-order chi connectivity index (χ0) is 11.7. The fourth-order valence-electron chi connectivity index (χ4n) is 2.23. The number of para-hydroxylation sites is 1. The average molecular weight is 217 g/mol. The summed E-state index contributed by atoms with van der Waals surface area (Å²) in [7, 11) is 0. The third-order valence-electron chi connectivity index (χ3n) is 3.08. The van der Waals surface area contributed by atoms with Gasteiger partial charge in [0.1, 0.15) is 6.04 Å². The second kappa shape index (κ2) is 4.00. The summed E-state index contributed by atoms with van der Waals surface area (Å²) in [5.41, 5.74) is 2.12. The Morgan fingerprint density at radius 2 is 2.31 bits per heavy atom. The summed E-state index contributed by atoms with van der Waals surface area (Å²) in [6.45, 7) is 5.70. The number of carboxylic acid groups (broad SMARTS) is 1. The van der Waals surface area contributed by atoms with Crippen molar-refractivity contribution in [3.05, 3.63) is 42.5 Å². The fourth-order valence-corrected chi connectivity index (χ4v) is 2.23. The van der Waals surface area contributed by atoms with Crippen LogP contribution in [0.4, 0.5) is 5.69 Å².